The van der Waals surface area contributed by atoms with Crippen LogP contribution < -0.4 is 9.64 Å². The minimum Gasteiger partial charge on any atom is -0.489 e. The molecule has 2 unspecified atom stereocenters. The lowest BCUT2D eigenvalue weighted by atomic mass is 10.1. The highest BCUT2D eigenvalue weighted by Gasteiger charge is 2.42. The van der Waals surface area contributed by atoms with Crippen LogP contribution in [0.3, 0.4) is 0 Å². The molecule has 0 bridgehead atoms. The topological polar surface area (TPSA) is 75.2 Å². The van der Waals surface area contributed by atoms with E-state index >= 15 is 0 Å². The summed E-state index contributed by atoms with van der Waals surface area (Å²) in [5.41, 5.74) is 0.699. The molecule has 1 aromatic carbocycles. The molecule has 0 N–H and O–H groups in total. The molecule has 2 aromatic rings. The Morgan fingerprint density at radius 1 is 1.28 bits per heavy atom. The lowest BCUT2D eigenvalue weighted by molar-refractivity contribution is -0.128. The van der Waals surface area contributed by atoms with E-state index in [1.165, 1.54) is 12.1 Å². The van der Waals surface area contributed by atoms with Crippen molar-refractivity contribution in [3.63, 3.8) is 0 Å². The second-order valence-corrected chi connectivity index (χ2v) is 9.61. The van der Waals surface area contributed by atoms with Crippen LogP contribution in [0.2, 0.25) is 5.02 Å². The number of pyridine rings is 1. The van der Waals surface area contributed by atoms with Crippen molar-refractivity contribution >= 4 is 29.2 Å². The van der Waals surface area contributed by atoms with Crippen LogP contribution in [0.15, 0.2) is 36.9 Å². The first kappa shape index (κ1) is 24.5. The zero-order chi connectivity index (χ0) is 25.6. The van der Waals surface area contributed by atoms with Crippen molar-refractivity contribution in [3.8, 4) is 17.0 Å². The molecule has 10 heteroatoms. The van der Waals surface area contributed by atoms with Crippen LogP contribution in [-0.4, -0.2) is 84.7 Å². The van der Waals surface area contributed by atoms with Crippen LogP contribution >= 0.6 is 11.6 Å². The van der Waals surface area contributed by atoms with Crippen molar-refractivity contribution in [3.05, 3.63) is 53.3 Å². The van der Waals surface area contributed by atoms with Gasteiger partial charge in [0, 0.05) is 38.9 Å². The minimum atomic E-state index is -0.474. The van der Waals surface area contributed by atoms with Crippen LogP contribution in [-0.2, 0) is 9.53 Å². The highest BCUT2D eigenvalue weighted by molar-refractivity contribution is 6.35. The molecule has 190 valence electrons. The number of piperazine rings is 1. The van der Waals surface area contributed by atoms with Crippen molar-refractivity contribution in [2.24, 2.45) is 0 Å². The van der Waals surface area contributed by atoms with Crippen LogP contribution in [0.1, 0.15) is 23.7 Å². The standard InChI is InChI=1S/C26H28ClFN4O4/c1-4-20(33)30-11-12-32-16(13-30)14-36-24-21(26(32)34)25(31-10-9-19(35-3)15(31)2)29-23(22(24)27)17-7-5-6-8-18(17)28/h4-8,15-16,19H,1,9-14H2,2-3H3/t15-,16?,19?/m0/s1. The third-order valence-corrected chi connectivity index (χ3v) is 7.68. The van der Waals surface area contributed by atoms with E-state index < -0.39 is 5.82 Å². The molecule has 0 radical (unpaired) electrons. The van der Waals surface area contributed by atoms with Crippen molar-refractivity contribution in [2.75, 3.05) is 44.8 Å². The lowest BCUT2D eigenvalue weighted by Crippen LogP contribution is -2.57. The maximum absolute atomic E-state index is 14.8. The van der Waals surface area contributed by atoms with Gasteiger partial charge in [0.05, 0.1) is 23.9 Å². The largest absolute Gasteiger partial charge is 0.489 e. The number of anilines is 1. The summed E-state index contributed by atoms with van der Waals surface area (Å²) in [7, 11) is 1.66. The number of nitrogens with zero attached hydrogens (tertiary/aromatic N) is 4. The van der Waals surface area contributed by atoms with Gasteiger partial charge in [-0.15, -0.1) is 0 Å². The van der Waals surface area contributed by atoms with E-state index in [9.17, 15) is 14.0 Å². The molecular formula is C26H28ClFN4O4. The van der Waals surface area contributed by atoms with Crippen molar-refractivity contribution in [2.45, 2.75) is 31.5 Å². The van der Waals surface area contributed by atoms with Crippen LogP contribution in [0.25, 0.3) is 11.3 Å². The number of carbonyl (C=O) groups excluding carboxylic acids is 2. The Morgan fingerprint density at radius 3 is 2.75 bits per heavy atom. The summed E-state index contributed by atoms with van der Waals surface area (Å²) in [6.07, 6.45) is 1.98. The zero-order valence-electron chi connectivity index (χ0n) is 20.2. The molecule has 3 aliphatic rings. The van der Waals surface area contributed by atoms with Gasteiger partial charge in [0.2, 0.25) is 5.91 Å². The van der Waals surface area contributed by atoms with E-state index in [-0.39, 0.29) is 64.2 Å². The molecule has 5 rings (SSSR count). The first-order chi connectivity index (χ1) is 17.3. The third-order valence-electron chi connectivity index (χ3n) is 7.33. The fraction of sp³-hybridized carbons (Fsp3) is 0.423. The summed E-state index contributed by atoms with van der Waals surface area (Å²) in [6, 6.07) is 5.80. The number of hydrogen-bond acceptors (Lipinski definition) is 6. The molecule has 0 aliphatic carbocycles. The number of halogens is 2. The molecule has 3 atom stereocenters. The van der Waals surface area contributed by atoms with Gasteiger partial charge in [0.25, 0.3) is 5.91 Å². The maximum atomic E-state index is 14.8. The molecule has 2 amide bonds. The first-order valence-electron chi connectivity index (χ1n) is 12.0. The minimum absolute atomic E-state index is 0.0435. The maximum Gasteiger partial charge on any atom is 0.261 e. The predicted octanol–water partition coefficient (Wildman–Crippen LogP) is 3.39. The molecule has 2 fully saturated rings. The monoisotopic (exact) mass is 514 g/mol. The number of methoxy groups -OCH3 is 1. The Bertz CT molecular complexity index is 1220. The lowest BCUT2D eigenvalue weighted by Gasteiger charge is -2.39. The van der Waals surface area contributed by atoms with Crippen LogP contribution in [0.4, 0.5) is 10.2 Å². The van der Waals surface area contributed by atoms with Gasteiger partial charge in [-0.1, -0.05) is 30.3 Å². The Balaban J connectivity index is 1.65. The average molecular weight is 515 g/mol. The van der Waals surface area contributed by atoms with Gasteiger partial charge in [-0.25, -0.2) is 9.37 Å². The Kier molecular flexibility index (Phi) is 6.61. The molecular weight excluding hydrogens is 487 g/mol. The number of hydrogen-bond donors (Lipinski definition) is 0. The zero-order valence-corrected chi connectivity index (χ0v) is 21.0. The molecule has 8 nitrogen and oxygen atoms in total. The van der Waals surface area contributed by atoms with E-state index in [4.69, 9.17) is 26.1 Å². The summed E-state index contributed by atoms with van der Waals surface area (Å²) in [5, 5.41) is 0.0845. The summed E-state index contributed by atoms with van der Waals surface area (Å²) in [5.74, 6) is -0.347. The van der Waals surface area contributed by atoms with Crippen LogP contribution in [0, 0.1) is 5.82 Å². The molecule has 36 heavy (non-hydrogen) atoms. The molecule has 1 aromatic heterocycles. The van der Waals surface area contributed by atoms with E-state index in [2.05, 4.69) is 6.58 Å². The van der Waals surface area contributed by atoms with Gasteiger partial charge >= 0.3 is 0 Å². The van der Waals surface area contributed by atoms with Gasteiger partial charge in [-0.2, -0.15) is 0 Å². The summed E-state index contributed by atoms with van der Waals surface area (Å²) in [4.78, 5) is 36.4. The molecule has 3 aliphatic heterocycles. The first-order valence-corrected chi connectivity index (χ1v) is 12.4. The number of fused-ring (bicyclic) bond motifs is 2. The smallest absolute Gasteiger partial charge is 0.261 e. The average Bonchev–Trinajstić information content (AvgIpc) is 3.19. The van der Waals surface area contributed by atoms with E-state index in [1.54, 1.807) is 35.1 Å². The Labute approximate surface area is 214 Å². The van der Waals surface area contributed by atoms with Gasteiger partial charge in [0.1, 0.15) is 28.8 Å². The fourth-order valence-electron chi connectivity index (χ4n) is 5.34. The predicted molar refractivity (Wildman–Crippen MR) is 134 cm³/mol. The number of amides is 2. The van der Waals surface area contributed by atoms with E-state index in [1.807, 2.05) is 11.8 Å². The SMILES string of the molecule is C=CC(=O)N1CCN2C(=O)c3c(N4CCC(OC)[C@@H]4C)nc(-c4ccccc4F)c(Cl)c3OCC2C1. The van der Waals surface area contributed by atoms with Crippen LogP contribution in [0.5, 0.6) is 5.75 Å². The number of aromatic nitrogens is 1. The summed E-state index contributed by atoms with van der Waals surface area (Å²) < 4.78 is 26.7. The third kappa shape index (κ3) is 4.00. The summed E-state index contributed by atoms with van der Waals surface area (Å²) in [6.45, 7) is 7.36. The second kappa shape index (κ2) is 9.71. The number of carbonyl (C=O) groups is 2. The van der Waals surface area contributed by atoms with Crippen molar-refractivity contribution in [1.29, 1.82) is 0 Å². The quantitative estimate of drug-likeness (QED) is 0.582. The van der Waals surface area contributed by atoms with Crippen molar-refractivity contribution in [1.82, 2.24) is 14.8 Å². The molecule has 0 saturated carbocycles. The molecule has 0 spiro atoms. The number of ether oxygens (including phenoxy) is 2. The fourth-order valence-corrected chi connectivity index (χ4v) is 5.63. The normalized spacial score (nSPS) is 23.6. The highest BCUT2D eigenvalue weighted by atomic mass is 35.5. The number of rotatable bonds is 4. The highest BCUT2D eigenvalue weighted by Crippen LogP contribution is 2.45. The van der Waals surface area contributed by atoms with Gasteiger partial charge in [0.15, 0.2) is 5.75 Å². The van der Waals surface area contributed by atoms with Crippen molar-refractivity contribution < 1.29 is 23.5 Å². The number of benzene rings is 1. The molecule has 2 saturated heterocycles. The van der Waals surface area contributed by atoms with E-state index in [0.29, 0.717) is 32.0 Å². The van der Waals surface area contributed by atoms with Gasteiger partial charge in [-0.3, -0.25) is 9.59 Å². The second-order valence-electron chi connectivity index (χ2n) is 9.23. The van der Waals surface area contributed by atoms with Gasteiger partial charge in [-0.05, 0) is 31.6 Å². The van der Waals surface area contributed by atoms with E-state index in [0.717, 1.165) is 6.42 Å². The van der Waals surface area contributed by atoms with Gasteiger partial charge < -0.3 is 24.2 Å². The Hall–Kier alpha value is -3.17. The Morgan fingerprint density at radius 2 is 2.06 bits per heavy atom. The summed E-state index contributed by atoms with van der Waals surface area (Å²) >= 11 is 6.80. The molecule has 4 heterocycles.